The number of amides is 1. The highest BCUT2D eigenvalue weighted by Crippen LogP contribution is 2.47. The summed E-state index contributed by atoms with van der Waals surface area (Å²) in [6.45, 7) is 1.18. The number of aryl methyl sites for hydroxylation is 1. The van der Waals surface area contributed by atoms with E-state index in [0.29, 0.717) is 31.4 Å². The Kier molecular flexibility index (Phi) is 8.42. The molecule has 1 fully saturated rings. The molecule has 45 heavy (non-hydrogen) atoms. The van der Waals surface area contributed by atoms with Gasteiger partial charge in [-0.05, 0) is 72.9 Å². The number of nitrogens with zero attached hydrogens (tertiary/aromatic N) is 6. The molecule has 2 aromatic carbocycles. The molecule has 3 aromatic rings. The van der Waals surface area contributed by atoms with Crippen LogP contribution in [0.5, 0.6) is 5.75 Å². The number of carbonyl (C=O) groups is 1. The molecule has 1 saturated carbocycles. The van der Waals surface area contributed by atoms with E-state index >= 15 is 0 Å². The Morgan fingerprint density at radius 1 is 0.978 bits per heavy atom. The number of aromatic nitrogens is 4. The lowest BCUT2D eigenvalue weighted by Crippen LogP contribution is -2.50. The predicted octanol–water partition coefficient (Wildman–Crippen LogP) is 7.21. The van der Waals surface area contributed by atoms with Crippen LogP contribution >= 0.6 is 0 Å². The van der Waals surface area contributed by atoms with Crippen LogP contribution in [0, 0.1) is 5.92 Å². The molecule has 2 atom stereocenters. The first-order valence-electron chi connectivity index (χ1n) is 14.0. The largest absolute Gasteiger partial charge is 0.573 e. The standard InChI is InChI=1S/C28H27F9N6O2/c1-3-19-12-23(21-13-20(45-28(35,36)37)7-8-22(21)43(19)24(44)16-5-4-6-16)42(25-38-40-41(2)39-25)14-15-9-17(26(29,30)31)11-18(10-15)27(32,33)34/h7-11,13,16,19,23H,3-6,12,14H2,1-2H3/t19-,23+/m1/s1. The van der Waals surface area contributed by atoms with Gasteiger partial charge in [0.05, 0.1) is 24.2 Å². The average Bonchev–Trinajstić information content (AvgIpc) is 3.33. The molecule has 244 valence electrons. The molecule has 1 aliphatic carbocycles. The maximum absolute atomic E-state index is 13.7. The number of anilines is 2. The van der Waals surface area contributed by atoms with Crippen LogP contribution < -0.4 is 14.5 Å². The summed E-state index contributed by atoms with van der Waals surface area (Å²) in [5.41, 5.74) is -3.10. The lowest BCUT2D eigenvalue weighted by atomic mass is 9.81. The second kappa shape index (κ2) is 11.7. The van der Waals surface area contributed by atoms with Crippen molar-refractivity contribution in [3.05, 3.63) is 58.7 Å². The van der Waals surface area contributed by atoms with Crippen LogP contribution in [-0.4, -0.2) is 38.5 Å². The van der Waals surface area contributed by atoms with Crippen LogP contribution in [0.4, 0.5) is 51.1 Å². The zero-order valence-corrected chi connectivity index (χ0v) is 23.8. The van der Waals surface area contributed by atoms with Crippen LogP contribution in [0.2, 0.25) is 0 Å². The minimum absolute atomic E-state index is 0.00211. The Labute approximate surface area is 250 Å². The smallest absolute Gasteiger partial charge is 0.406 e. The second-order valence-corrected chi connectivity index (χ2v) is 11.0. The molecule has 2 aliphatic rings. The highest BCUT2D eigenvalue weighted by molar-refractivity contribution is 5.97. The number of halogens is 9. The lowest BCUT2D eigenvalue weighted by molar-refractivity contribution is -0.274. The third kappa shape index (κ3) is 6.96. The van der Waals surface area contributed by atoms with Gasteiger partial charge in [-0.2, -0.15) is 31.1 Å². The van der Waals surface area contributed by atoms with Crippen molar-refractivity contribution in [2.75, 3.05) is 9.80 Å². The van der Waals surface area contributed by atoms with Gasteiger partial charge >= 0.3 is 18.7 Å². The molecule has 0 unspecified atom stereocenters. The number of rotatable bonds is 7. The molecule has 0 saturated heterocycles. The van der Waals surface area contributed by atoms with Crippen LogP contribution in [0.1, 0.15) is 67.3 Å². The maximum atomic E-state index is 13.7. The van der Waals surface area contributed by atoms with Gasteiger partial charge in [-0.3, -0.25) is 4.79 Å². The minimum Gasteiger partial charge on any atom is -0.406 e. The van der Waals surface area contributed by atoms with E-state index in [1.165, 1.54) is 22.9 Å². The third-order valence-corrected chi connectivity index (χ3v) is 8.01. The monoisotopic (exact) mass is 650 g/mol. The van der Waals surface area contributed by atoms with E-state index in [1.54, 1.807) is 6.92 Å². The van der Waals surface area contributed by atoms with Gasteiger partial charge in [0.15, 0.2) is 0 Å². The van der Waals surface area contributed by atoms with Crippen molar-refractivity contribution in [3.63, 3.8) is 0 Å². The molecule has 17 heteroatoms. The van der Waals surface area contributed by atoms with E-state index in [2.05, 4.69) is 20.1 Å². The van der Waals surface area contributed by atoms with Crippen molar-refractivity contribution in [1.29, 1.82) is 0 Å². The number of hydrogen-bond donors (Lipinski definition) is 0. The number of alkyl halides is 9. The lowest BCUT2D eigenvalue weighted by Gasteiger charge is -2.46. The highest BCUT2D eigenvalue weighted by atomic mass is 19.4. The zero-order chi connectivity index (χ0) is 32.9. The first-order chi connectivity index (χ1) is 20.9. The summed E-state index contributed by atoms with van der Waals surface area (Å²) < 4.78 is 126. The topological polar surface area (TPSA) is 76.4 Å². The van der Waals surface area contributed by atoms with Gasteiger partial charge in [-0.1, -0.05) is 18.4 Å². The molecule has 0 N–H and O–H groups in total. The molecule has 8 nitrogen and oxygen atoms in total. The SMILES string of the molecule is CC[C@@H]1C[C@H](N(Cc2cc(C(F)(F)F)cc(C(F)(F)F)c2)c2nnn(C)n2)c2cc(OC(F)(F)F)ccc2N1C(=O)C1CCC1. The molecular weight excluding hydrogens is 623 g/mol. The van der Waals surface area contributed by atoms with E-state index in [1.807, 2.05) is 0 Å². The molecule has 1 amide bonds. The van der Waals surface area contributed by atoms with Crippen LogP contribution in [-0.2, 0) is 30.7 Å². The summed E-state index contributed by atoms with van der Waals surface area (Å²) in [4.78, 5) is 17.4. The average molecular weight is 651 g/mol. The molecule has 1 aromatic heterocycles. The van der Waals surface area contributed by atoms with Gasteiger partial charge < -0.3 is 14.5 Å². The number of hydrogen-bond acceptors (Lipinski definition) is 6. The Morgan fingerprint density at radius 3 is 2.11 bits per heavy atom. The summed E-state index contributed by atoms with van der Waals surface area (Å²) in [6, 6.07) is 3.02. The summed E-state index contributed by atoms with van der Waals surface area (Å²) in [6.07, 6.45) is -12.7. The van der Waals surface area contributed by atoms with Crippen molar-refractivity contribution < 1.29 is 49.0 Å². The fourth-order valence-corrected chi connectivity index (χ4v) is 5.71. The summed E-state index contributed by atoms with van der Waals surface area (Å²) in [5.74, 6) is -1.31. The fraction of sp³-hybridized carbons (Fsp3) is 0.500. The Hall–Kier alpha value is -4.05. The van der Waals surface area contributed by atoms with Crippen molar-refractivity contribution in [2.24, 2.45) is 13.0 Å². The molecule has 0 spiro atoms. The summed E-state index contributed by atoms with van der Waals surface area (Å²) in [7, 11) is 1.39. The van der Waals surface area contributed by atoms with E-state index in [-0.39, 0.29) is 41.5 Å². The number of carbonyl (C=O) groups excluding carboxylic acids is 1. The first kappa shape index (κ1) is 32.3. The fourth-order valence-electron chi connectivity index (χ4n) is 5.71. The van der Waals surface area contributed by atoms with E-state index in [4.69, 9.17) is 0 Å². The second-order valence-electron chi connectivity index (χ2n) is 11.0. The van der Waals surface area contributed by atoms with Gasteiger partial charge in [0, 0.05) is 29.8 Å². The zero-order valence-electron chi connectivity index (χ0n) is 23.8. The van der Waals surface area contributed by atoms with Crippen LogP contribution in [0.15, 0.2) is 36.4 Å². The van der Waals surface area contributed by atoms with Crippen molar-refractivity contribution >= 4 is 17.5 Å². The number of tetrazole rings is 1. The van der Waals surface area contributed by atoms with Gasteiger partial charge in [-0.15, -0.1) is 18.3 Å². The molecular formula is C28H27F9N6O2. The summed E-state index contributed by atoms with van der Waals surface area (Å²) in [5, 5.41) is 11.8. The van der Waals surface area contributed by atoms with Gasteiger partial charge in [0.2, 0.25) is 5.91 Å². The number of ether oxygens (including phenoxy) is 1. The predicted molar refractivity (Wildman–Crippen MR) is 141 cm³/mol. The van der Waals surface area contributed by atoms with Crippen molar-refractivity contribution in [1.82, 2.24) is 20.2 Å². The van der Waals surface area contributed by atoms with Crippen molar-refractivity contribution in [3.8, 4) is 5.75 Å². The summed E-state index contributed by atoms with van der Waals surface area (Å²) >= 11 is 0. The van der Waals surface area contributed by atoms with Crippen LogP contribution in [0.3, 0.4) is 0 Å². The first-order valence-corrected chi connectivity index (χ1v) is 14.0. The minimum atomic E-state index is -5.11. The molecule has 0 radical (unpaired) electrons. The Bertz CT molecular complexity index is 1520. The van der Waals surface area contributed by atoms with E-state index in [9.17, 15) is 44.3 Å². The van der Waals surface area contributed by atoms with Crippen LogP contribution in [0.25, 0.3) is 0 Å². The Balaban J connectivity index is 1.67. The molecule has 5 rings (SSSR count). The quantitative estimate of drug-likeness (QED) is 0.252. The third-order valence-electron chi connectivity index (χ3n) is 8.01. The van der Waals surface area contributed by atoms with E-state index in [0.717, 1.165) is 23.4 Å². The number of fused-ring (bicyclic) bond motifs is 1. The highest BCUT2D eigenvalue weighted by Gasteiger charge is 2.43. The maximum Gasteiger partial charge on any atom is 0.573 e. The molecule has 2 heterocycles. The van der Waals surface area contributed by atoms with Gasteiger partial charge in [0.25, 0.3) is 5.95 Å². The Morgan fingerprint density at radius 2 is 1.62 bits per heavy atom. The molecule has 1 aliphatic heterocycles. The van der Waals surface area contributed by atoms with Gasteiger partial charge in [0.1, 0.15) is 5.75 Å². The normalized spacial score (nSPS) is 19.2. The van der Waals surface area contributed by atoms with E-state index < -0.39 is 59.8 Å². The molecule has 0 bridgehead atoms. The number of benzene rings is 2. The van der Waals surface area contributed by atoms with Gasteiger partial charge in [-0.25, -0.2) is 0 Å². The van der Waals surface area contributed by atoms with Crippen molar-refractivity contribution in [2.45, 2.75) is 76.4 Å².